The maximum Gasteiger partial charge on any atom is 0.254 e. The molecule has 2 aromatic carbocycles. The van der Waals surface area contributed by atoms with Crippen LogP contribution >= 0.6 is 11.3 Å². The number of nitrogens with zero attached hydrogens (tertiary/aromatic N) is 2. The van der Waals surface area contributed by atoms with Crippen LogP contribution in [0.25, 0.3) is 10.2 Å². The van der Waals surface area contributed by atoms with Crippen molar-refractivity contribution in [2.75, 3.05) is 7.05 Å². The summed E-state index contributed by atoms with van der Waals surface area (Å²) in [4.78, 5) is 18.5. The minimum Gasteiger partial charge on any atom is -0.335 e. The molecule has 112 valence electrons. The lowest BCUT2D eigenvalue weighted by Gasteiger charge is -2.25. The lowest BCUT2D eigenvalue weighted by molar-refractivity contribution is 0.0743. The Kier molecular flexibility index (Phi) is 3.90. The number of thiazole rings is 1. The Bertz CT molecular complexity index is 813. The van der Waals surface area contributed by atoms with E-state index in [0.29, 0.717) is 5.56 Å². The highest BCUT2D eigenvalue weighted by atomic mass is 32.1. The van der Waals surface area contributed by atoms with Crippen LogP contribution in [0.4, 0.5) is 4.39 Å². The molecule has 3 nitrogen and oxygen atoms in total. The van der Waals surface area contributed by atoms with Crippen molar-refractivity contribution in [2.24, 2.45) is 0 Å². The maximum absolute atomic E-state index is 13.0. The van der Waals surface area contributed by atoms with Gasteiger partial charge in [0, 0.05) is 12.6 Å². The number of hydrogen-bond donors (Lipinski definition) is 0. The molecule has 3 aromatic rings. The topological polar surface area (TPSA) is 33.2 Å². The first-order chi connectivity index (χ1) is 10.6. The van der Waals surface area contributed by atoms with Crippen LogP contribution < -0.4 is 0 Å². The number of benzene rings is 2. The Morgan fingerprint density at radius 2 is 1.95 bits per heavy atom. The van der Waals surface area contributed by atoms with Crippen LogP contribution in [0.15, 0.2) is 48.0 Å². The summed E-state index contributed by atoms with van der Waals surface area (Å²) in [5.41, 5.74) is 4.20. The number of carbonyl (C=O) groups excluding carboxylic acids is 1. The number of halogens is 1. The fourth-order valence-corrected chi connectivity index (χ4v) is 3.05. The van der Waals surface area contributed by atoms with E-state index in [1.807, 2.05) is 19.1 Å². The Hall–Kier alpha value is -2.27. The molecule has 0 aliphatic heterocycles. The zero-order valence-electron chi connectivity index (χ0n) is 12.3. The van der Waals surface area contributed by atoms with Gasteiger partial charge in [-0.1, -0.05) is 12.1 Å². The second kappa shape index (κ2) is 5.85. The summed E-state index contributed by atoms with van der Waals surface area (Å²) in [7, 11) is 1.76. The molecule has 0 aliphatic carbocycles. The van der Waals surface area contributed by atoms with Gasteiger partial charge in [-0.2, -0.15) is 0 Å². The third-order valence-electron chi connectivity index (χ3n) is 3.83. The zero-order valence-corrected chi connectivity index (χ0v) is 13.1. The number of aromatic nitrogens is 1. The largest absolute Gasteiger partial charge is 0.335 e. The molecule has 0 aliphatic rings. The van der Waals surface area contributed by atoms with Crippen molar-refractivity contribution in [2.45, 2.75) is 13.0 Å². The smallest absolute Gasteiger partial charge is 0.254 e. The van der Waals surface area contributed by atoms with Gasteiger partial charge in [0.15, 0.2) is 0 Å². The molecule has 22 heavy (non-hydrogen) atoms. The quantitative estimate of drug-likeness (QED) is 0.723. The summed E-state index contributed by atoms with van der Waals surface area (Å²) in [6, 6.07) is 11.6. The number of amides is 1. The average Bonchev–Trinajstić information content (AvgIpc) is 3.01. The molecule has 3 rings (SSSR count). The van der Waals surface area contributed by atoms with E-state index in [1.54, 1.807) is 35.7 Å². The lowest BCUT2D eigenvalue weighted by atomic mass is 10.1. The first-order valence-corrected chi connectivity index (χ1v) is 7.80. The van der Waals surface area contributed by atoms with Crippen LogP contribution in [0.2, 0.25) is 0 Å². The number of hydrogen-bond acceptors (Lipinski definition) is 3. The zero-order chi connectivity index (χ0) is 15.7. The second-order valence-corrected chi connectivity index (χ2v) is 6.06. The molecule has 1 amide bonds. The van der Waals surface area contributed by atoms with E-state index in [0.717, 1.165) is 15.8 Å². The summed E-state index contributed by atoms with van der Waals surface area (Å²) in [5.74, 6) is -0.340. The SMILES string of the molecule is CC(c1ccc(F)cc1)N(C)C(=O)c1ccc2ncsc2c1. The molecule has 0 saturated heterocycles. The van der Waals surface area contributed by atoms with Crippen LogP contribution in [0.5, 0.6) is 0 Å². The van der Waals surface area contributed by atoms with Crippen LogP contribution in [0.3, 0.4) is 0 Å². The summed E-state index contributed by atoms with van der Waals surface area (Å²) in [5, 5.41) is 0. The molecule has 0 fully saturated rings. The van der Waals surface area contributed by atoms with Crippen molar-refractivity contribution < 1.29 is 9.18 Å². The molecule has 0 bridgehead atoms. The second-order valence-electron chi connectivity index (χ2n) is 5.18. The van der Waals surface area contributed by atoms with Crippen LogP contribution in [-0.4, -0.2) is 22.8 Å². The van der Waals surface area contributed by atoms with Crippen molar-refractivity contribution in [3.8, 4) is 0 Å². The highest BCUT2D eigenvalue weighted by Crippen LogP contribution is 2.24. The van der Waals surface area contributed by atoms with Gasteiger partial charge in [-0.15, -0.1) is 11.3 Å². The van der Waals surface area contributed by atoms with E-state index in [-0.39, 0.29) is 17.8 Å². The van der Waals surface area contributed by atoms with Gasteiger partial charge in [0.2, 0.25) is 0 Å². The van der Waals surface area contributed by atoms with Gasteiger partial charge in [-0.25, -0.2) is 9.37 Å². The van der Waals surface area contributed by atoms with E-state index in [4.69, 9.17) is 0 Å². The highest BCUT2D eigenvalue weighted by molar-refractivity contribution is 7.16. The number of rotatable bonds is 3. The first kappa shape index (κ1) is 14.7. The van der Waals surface area contributed by atoms with Gasteiger partial charge in [-0.05, 0) is 42.8 Å². The molecule has 1 unspecified atom stereocenters. The monoisotopic (exact) mass is 314 g/mol. The van der Waals surface area contributed by atoms with Gasteiger partial charge in [0.05, 0.1) is 21.8 Å². The predicted molar refractivity (Wildman–Crippen MR) is 86.5 cm³/mol. The highest BCUT2D eigenvalue weighted by Gasteiger charge is 2.19. The number of fused-ring (bicyclic) bond motifs is 1. The van der Waals surface area contributed by atoms with Crippen molar-refractivity contribution in [1.29, 1.82) is 0 Å². The molecule has 5 heteroatoms. The standard InChI is InChI=1S/C17H15FN2OS/c1-11(12-3-6-14(18)7-4-12)20(2)17(21)13-5-8-15-16(9-13)22-10-19-15/h3-11H,1-2H3. The summed E-state index contributed by atoms with van der Waals surface area (Å²) < 4.78 is 14.0. The van der Waals surface area contributed by atoms with Gasteiger partial charge < -0.3 is 4.90 Å². The Balaban J connectivity index is 1.85. The van der Waals surface area contributed by atoms with Gasteiger partial charge in [-0.3, -0.25) is 4.79 Å². The minimum absolute atomic E-state index is 0.0628. The first-order valence-electron chi connectivity index (χ1n) is 6.92. The third-order valence-corrected chi connectivity index (χ3v) is 4.62. The van der Waals surface area contributed by atoms with E-state index in [9.17, 15) is 9.18 Å². The van der Waals surface area contributed by atoms with Crippen LogP contribution in [0.1, 0.15) is 28.9 Å². The molecular weight excluding hydrogens is 299 g/mol. The van der Waals surface area contributed by atoms with Crippen LogP contribution in [-0.2, 0) is 0 Å². The summed E-state index contributed by atoms with van der Waals surface area (Å²) >= 11 is 1.51. The van der Waals surface area contributed by atoms with Gasteiger partial charge in [0.25, 0.3) is 5.91 Å². The van der Waals surface area contributed by atoms with E-state index < -0.39 is 0 Å². The van der Waals surface area contributed by atoms with E-state index in [1.165, 1.54) is 23.5 Å². The Morgan fingerprint density at radius 3 is 2.68 bits per heavy atom. The Labute approximate surface area is 132 Å². The molecule has 0 N–H and O–H groups in total. The minimum atomic E-state index is -0.277. The predicted octanol–water partition coefficient (Wildman–Crippen LogP) is 4.27. The summed E-state index contributed by atoms with van der Waals surface area (Å²) in [6.45, 7) is 1.93. The lowest BCUT2D eigenvalue weighted by Crippen LogP contribution is -2.29. The molecule has 1 heterocycles. The van der Waals surface area contributed by atoms with Crippen molar-refractivity contribution in [1.82, 2.24) is 9.88 Å². The van der Waals surface area contributed by atoms with Gasteiger partial charge in [0.1, 0.15) is 5.82 Å². The average molecular weight is 314 g/mol. The van der Waals surface area contributed by atoms with Crippen molar-refractivity contribution in [3.05, 3.63) is 64.9 Å². The molecule has 1 atom stereocenters. The molecule has 0 saturated carbocycles. The van der Waals surface area contributed by atoms with E-state index >= 15 is 0 Å². The summed E-state index contributed by atoms with van der Waals surface area (Å²) in [6.07, 6.45) is 0. The number of carbonyl (C=O) groups is 1. The fraction of sp³-hybridized carbons (Fsp3) is 0.176. The van der Waals surface area contributed by atoms with Crippen molar-refractivity contribution in [3.63, 3.8) is 0 Å². The molecule has 0 spiro atoms. The van der Waals surface area contributed by atoms with Gasteiger partial charge >= 0.3 is 0 Å². The molecular formula is C17H15FN2OS. The van der Waals surface area contributed by atoms with E-state index in [2.05, 4.69) is 4.98 Å². The van der Waals surface area contributed by atoms with Crippen LogP contribution in [0, 0.1) is 5.82 Å². The van der Waals surface area contributed by atoms with Crippen molar-refractivity contribution >= 4 is 27.5 Å². The fourth-order valence-electron chi connectivity index (χ4n) is 2.33. The molecule has 0 radical (unpaired) electrons. The molecule has 1 aromatic heterocycles. The third kappa shape index (κ3) is 2.72. The Morgan fingerprint density at radius 1 is 1.23 bits per heavy atom. The maximum atomic E-state index is 13.0. The normalized spacial score (nSPS) is 12.3.